The maximum Gasteiger partial charge on any atom is 0.312 e. The molecule has 0 saturated heterocycles. The van der Waals surface area contributed by atoms with Crippen molar-refractivity contribution in [1.29, 1.82) is 0 Å². The molecule has 0 saturated carbocycles. The molecule has 0 aliphatic carbocycles. The van der Waals surface area contributed by atoms with Gasteiger partial charge in [-0.05, 0) is 36.1 Å². The van der Waals surface area contributed by atoms with Gasteiger partial charge >= 0.3 is 6.03 Å². The van der Waals surface area contributed by atoms with Crippen LogP contribution in [0.2, 0.25) is 0 Å². The average molecular weight is 599 g/mol. The number of nitrogens with two attached hydrogens (primary N) is 1. The van der Waals surface area contributed by atoms with E-state index < -0.39 is 17.7 Å². The van der Waals surface area contributed by atoms with Crippen LogP contribution in [-0.4, -0.2) is 65.3 Å². The lowest BCUT2D eigenvalue weighted by atomic mass is 10.0. The number of rotatable bonds is 5. The SMILES string of the molecule is CSCc1cc2nc(c1)OCCCOc1cc(F)ccc1-c1cc(ncc1F)N2.NC(=O)NCCN1C(=O)C=CC1=O. The van der Waals surface area contributed by atoms with E-state index >= 15 is 0 Å². The Labute approximate surface area is 244 Å². The van der Waals surface area contributed by atoms with Gasteiger partial charge in [0.2, 0.25) is 5.88 Å². The monoisotopic (exact) mass is 598 g/mol. The number of benzene rings is 1. The number of hydrogen-bond acceptors (Lipinski definition) is 9. The number of nitrogens with one attached hydrogen (secondary N) is 2. The fraction of sp³-hybridized carbons (Fsp3) is 0.250. The fourth-order valence-electron chi connectivity index (χ4n) is 3.99. The molecular formula is C28H28F2N6O5S. The first-order valence-electron chi connectivity index (χ1n) is 12.8. The minimum Gasteiger partial charge on any atom is -0.493 e. The Morgan fingerprint density at radius 3 is 2.57 bits per heavy atom. The van der Waals surface area contributed by atoms with Crippen LogP contribution in [0.25, 0.3) is 11.1 Å². The molecule has 4 amide bonds. The first-order chi connectivity index (χ1) is 20.2. The van der Waals surface area contributed by atoms with Crippen molar-refractivity contribution < 1.29 is 32.6 Å². The van der Waals surface area contributed by atoms with E-state index in [1.54, 1.807) is 17.8 Å². The quantitative estimate of drug-likeness (QED) is 0.373. The van der Waals surface area contributed by atoms with Gasteiger partial charge in [0.05, 0.1) is 19.4 Å². The first-order valence-corrected chi connectivity index (χ1v) is 14.2. The van der Waals surface area contributed by atoms with Gasteiger partial charge in [0.25, 0.3) is 11.8 Å². The topological polar surface area (TPSA) is 149 Å². The summed E-state index contributed by atoms with van der Waals surface area (Å²) in [6.45, 7) is 1.01. The number of primary amides is 1. The largest absolute Gasteiger partial charge is 0.493 e. The molecule has 1 aromatic carbocycles. The number of imide groups is 1. The summed E-state index contributed by atoms with van der Waals surface area (Å²) >= 11 is 1.69. The molecule has 0 unspecified atom stereocenters. The summed E-state index contributed by atoms with van der Waals surface area (Å²) in [4.78, 5) is 41.7. The second kappa shape index (κ2) is 14.3. The number of amides is 4. The minimum absolute atomic E-state index is 0.146. The van der Waals surface area contributed by atoms with E-state index in [-0.39, 0.29) is 36.2 Å². The van der Waals surface area contributed by atoms with Gasteiger partial charge in [-0.15, -0.1) is 0 Å². The number of nitrogens with zero attached hydrogens (tertiary/aromatic N) is 3. The lowest BCUT2D eigenvalue weighted by Gasteiger charge is -2.16. The molecule has 2 aliphatic rings. The van der Waals surface area contributed by atoms with E-state index in [0.717, 1.165) is 22.4 Å². The van der Waals surface area contributed by atoms with E-state index in [9.17, 15) is 23.2 Å². The van der Waals surface area contributed by atoms with E-state index in [4.69, 9.17) is 15.2 Å². The lowest BCUT2D eigenvalue weighted by molar-refractivity contribution is -0.136. The second-order valence-corrected chi connectivity index (χ2v) is 9.82. The Kier molecular flexibility index (Phi) is 10.3. The molecule has 220 valence electrons. The van der Waals surface area contributed by atoms with Gasteiger partial charge in [0.1, 0.15) is 29.0 Å². The van der Waals surface area contributed by atoms with Crippen LogP contribution in [0.3, 0.4) is 0 Å². The van der Waals surface area contributed by atoms with Gasteiger partial charge in [-0.3, -0.25) is 14.5 Å². The zero-order chi connectivity index (χ0) is 30.1. The Morgan fingerprint density at radius 1 is 1.07 bits per heavy atom. The second-order valence-electron chi connectivity index (χ2n) is 8.95. The summed E-state index contributed by atoms with van der Waals surface area (Å²) in [5.74, 6) is 0.839. The molecular weight excluding hydrogens is 570 g/mol. The summed E-state index contributed by atoms with van der Waals surface area (Å²) < 4.78 is 39.8. The minimum atomic E-state index is -0.674. The zero-order valence-electron chi connectivity index (χ0n) is 22.6. The van der Waals surface area contributed by atoms with Crippen LogP contribution in [0.15, 0.2) is 54.7 Å². The van der Waals surface area contributed by atoms with Crippen LogP contribution in [0.4, 0.5) is 25.2 Å². The van der Waals surface area contributed by atoms with Crippen LogP contribution in [-0.2, 0) is 15.3 Å². The van der Waals surface area contributed by atoms with Crippen molar-refractivity contribution in [1.82, 2.24) is 20.2 Å². The molecule has 42 heavy (non-hydrogen) atoms. The molecule has 4 heterocycles. The molecule has 4 N–H and O–H groups in total. The molecule has 5 rings (SSSR count). The van der Waals surface area contributed by atoms with Gasteiger partial charge in [0.15, 0.2) is 0 Å². The van der Waals surface area contributed by atoms with Crippen molar-refractivity contribution in [2.45, 2.75) is 12.2 Å². The molecule has 14 heteroatoms. The number of carbonyl (C=O) groups excluding carboxylic acids is 3. The molecule has 0 atom stereocenters. The van der Waals surface area contributed by atoms with Crippen molar-refractivity contribution in [3.05, 3.63) is 71.9 Å². The number of halogens is 2. The van der Waals surface area contributed by atoms with E-state index in [2.05, 4.69) is 20.6 Å². The van der Waals surface area contributed by atoms with Crippen molar-refractivity contribution in [2.24, 2.45) is 5.73 Å². The Hall–Kier alpha value is -4.72. The summed E-state index contributed by atoms with van der Waals surface area (Å²) in [7, 11) is 0. The van der Waals surface area contributed by atoms with Crippen LogP contribution >= 0.6 is 11.8 Å². The number of thioether (sulfide) groups is 1. The van der Waals surface area contributed by atoms with Gasteiger partial charge in [-0.2, -0.15) is 16.7 Å². The Balaban J connectivity index is 0.000000262. The van der Waals surface area contributed by atoms with Crippen LogP contribution < -0.4 is 25.8 Å². The third kappa shape index (κ3) is 8.16. The number of carbonyl (C=O) groups is 3. The van der Waals surface area contributed by atoms with Crippen molar-refractivity contribution in [3.8, 4) is 22.8 Å². The predicted octanol–water partition coefficient (Wildman–Crippen LogP) is 3.77. The molecule has 2 aromatic heterocycles. The molecule has 11 nitrogen and oxygen atoms in total. The molecule has 0 fully saturated rings. The van der Waals surface area contributed by atoms with Crippen molar-refractivity contribution in [3.63, 3.8) is 0 Å². The highest BCUT2D eigenvalue weighted by molar-refractivity contribution is 7.97. The molecule has 0 spiro atoms. The third-order valence-corrected chi connectivity index (χ3v) is 6.47. The van der Waals surface area contributed by atoms with Gasteiger partial charge < -0.3 is 25.8 Å². The molecule has 0 radical (unpaired) electrons. The normalized spacial score (nSPS) is 13.9. The molecule has 2 aliphatic heterocycles. The van der Waals surface area contributed by atoms with Gasteiger partial charge in [-0.1, -0.05) is 0 Å². The van der Waals surface area contributed by atoms with E-state index in [1.807, 2.05) is 18.4 Å². The summed E-state index contributed by atoms with van der Waals surface area (Å²) in [5, 5.41) is 5.39. The highest BCUT2D eigenvalue weighted by Crippen LogP contribution is 2.34. The van der Waals surface area contributed by atoms with Gasteiger partial charge in [0, 0.05) is 60.7 Å². The molecule has 4 bridgehead atoms. The third-order valence-electron chi connectivity index (χ3n) is 5.85. The van der Waals surface area contributed by atoms with Crippen molar-refractivity contribution >= 4 is 41.2 Å². The number of ether oxygens (including phenoxy) is 2. The van der Waals surface area contributed by atoms with Gasteiger partial charge in [-0.25, -0.2) is 18.6 Å². The fourth-order valence-corrected chi connectivity index (χ4v) is 4.49. The number of pyridine rings is 2. The number of anilines is 2. The number of aromatic nitrogens is 2. The Morgan fingerprint density at radius 2 is 1.83 bits per heavy atom. The van der Waals surface area contributed by atoms with Crippen LogP contribution in [0, 0.1) is 11.6 Å². The number of hydrogen-bond donors (Lipinski definition) is 3. The number of urea groups is 1. The molecule has 3 aromatic rings. The summed E-state index contributed by atoms with van der Waals surface area (Å²) in [6, 6.07) is 8.73. The maximum atomic E-state index is 14.6. The maximum absolute atomic E-state index is 14.6. The standard InChI is InChI=1S/C21H19F2N3O2S.C7H9N3O3/c1-29-12-13-7-20-25-19-10-16(17(23)11-24-19)15-4-3-14(22)9-18(15)27-5-2-6-28-21(8-13)26-20;8-7(13)9-3-4-10-5(11)1-2-6(10)12/h3-4,7-11H,2,5-6,12H2,1H3,(H,24,25,26);1-2H,3-4H2,(H3,8,9,13). The van der Waals surface area contributed by atoms with Crippen molar-refractivity contribution in [2.75, 3.05) is 37.9 Å². The summed E-state index contributed by atoms with van der Waals surface area (Å²) in [5.41, 5.74) is 6.57. The Bertz CT molecular complexity index is 1490. The van der Waals surface area contributed by atoms with E-state index in [0.29, 0.717) is 42.7 Å². The smallest absolute Gasteiger partial charge is 0.312 e. The number of fused-ring (bicyclic) bond motifs is 6. The highest BCUT2D eigenvalue weighted by atomic mass is 32.2. The lowest BCUT2D eigenvalue weighted by Crippen LogP contribution is -2.39. The zero-order valence-corrected chi connectivity index (χ0v) is 23.4. The average Bonchev–Trinajstić information content (AvgIpc) is 3.26. The van der Waals surface area contributed by atoms with Crippen LogP contribution in [0.1, 0.15) is 12.0 Å². The summed E-state index contributed by atoms with van der Waals surface area (Å²) in [6.07, 6.45) is 6.09. The first kappa shape index (κ1) is 30.2. The highest BCUT2D eigenvalue weighted by Gasteiger charge is 2.22. The predicted molar refractivity (Wildman–Crippen MR) is 153 cm³/mol. The van der Waals surface area contributed by atoms with E-state index in [1.165, 1.54) is 30.4 Å². The van der Waals surface area contributed by atoms with Crippen LogP contribution in [0.5, 0.6) is 11.6 Å².